The van der Waals surface area contributed by atoms with Crippen molar-refractivity contribution in [3.8, 4) is 0 Å². The summed E-state index contributed by atoms with van der Waals surface area (Å²) in [6.45, 7) is 3.81. The summed E-state index contributed by atoms with van der Waals surface area (Å²) >= 11 is 0. The molecular formula is C21H23N3O. The lowest BCUT2D eigenvalue weighted by Crippen LogP contribution is -2.27. The second-order valence-corrected chi connectivity index (χ2v) is 5.67. The number of urea groups is 1. The number of carbonyl (C=O) groups is 1. The molecule has 0 saturated heterocycles. The molecule has 0 unspecified atom stereocenters. The molecule has 0 fully saturated rings. The predicted octanol–water partition coefficient (Wildman–Crippen LogP) is 3.79. The summed E-state index contributed by atoms with van der Waals surface area (Å²) in [5, 5.41) is 2.48. The van der Waals surface area contributed by atoms with Crippen molar-refractivity contribution in [2.24, 2.45) is 11.5 Å². The SMILES string of the molecule is C=C(/C=C(\C=C/N)CC(c1ccccc1)c1ccccc1)NC(N)=O. The van der Waals surface area contributed by atoms with Crippen LogP contribution in [0.3, 0.4) is 0 Å². The summed E-state index contributed by atoms with van der Waals surface area (Å²) in [5.41, 5.74) is 14.5. The van der Waals surface area contributed by atoms with Gasteiger partial charge in [-0.3, -0.25) is 0 Å². The van der Waals surface area contributed by atoms with Crippen molar-refractivity contribution < 1.29 is 4.79 Å². The van der Waals surface area contributed by atoms with Gasteiger partial charge in [0.1, 0.15) is 0 Å². The third-order valence-electron chi connectivity index (χ3n) is 3.80. The molecule has 0 aromatic heterocycles. The highest BCUT2D eigenvalue weighted by Crippen LogP contribution is 2.31. The smallest absolute Gasteiger partial charge is 0.316 e. The minimum Gasteiger partial charge on any atom is -0.405 e. The summed E-state index contributed by atoms with van der Waals surface area (Å²) in [4.78, 5) is 11.0. The van der Waals surface area contributed by atoms with Crippen LogP contribution in [0.4, 0.5) is 4.79 Å². The number of amides is 2. The summed E-state index contributed by atoms with van der Waals surface area (Å²) < 4.78 is 0. The average Bonchev–Trinajstić information content (AvgIpc) is 2.60. The molecule has 25 heavy (non-hydrogen) atoms. The number of hydrogen-bond donors (Lipinski definition) is 3. The van der Waals surface area contributed by atoms with E-state index in [9.17, 15) is 4.79 Å². The van der Waals surface area contributed by atoms with E-state index in [1.54, 1.807) is 6.08 Å². The van der Waals surface area contributed by atoms with Crippen LogP contribution in [0.2, 0.25) is 0 Å². The van der Waals surface area contributed by atoms with E-state index in [-0.39, 0.29) is 5.92 Å². The predicted molar refractivity (Wildman–Crippen MR) is 103 cm³/mol. The highest BCUT2D eigenvalue weighted by Gasteiger charge is 2.15. The number of benzene rings is 2. The Bertz CT molecular complexity index is 725. The topological polar surface area (TPSA) is 81.1 Å². The lowest BCUT2D eigenvalue weighted by Gasteiger charge is -2.19. The highest BCUT2D eigenvalue weighted by atomic mass is 16.2. The first-order valence-electron chi connectivity index (χ1n) is 8.04. The molecule has 0 aliphatic heterocycles. The molecule has 2 aromatic rings. The molecule has 2 rings (SSSR count). The molecule has 2 amide bonds. The van der Waals surface area contributed by atoms with Gasteiger partial charge in [-0.2, -0.15) is 0 Å². The van der Waals surface area contributed by atoms with E-state index < -0.39 is 6.03 Å². The van der Waals surface area contributed by atoms with Crippen molar-refractivity contribution in [3.63, 3.8) is 0 Å². The van der Waals surface area contributed by atoms with E-state index in [0.29, 0.717) is 12.1 Å². The first-order chi connectivity index (χ1) is 12.1. The highest BCUT2D eigenvalue weighted by molar-refractivity contribution is 5.74. The molecular weight excluding hydrogens is 310 g/mol. The van der Waals surface area contributed by atoms with Crippen LogP contribution in [0.5, 0.6) is 0 Å². The maximum Gasteiger partial charge on any atom is 0.316 e. The summed E-state index contributed by atoms with van der Waals surface area (Å²) in [7, 11) is 0. The number of allylic oxidation sites excluding steroid dienone is 3. The van der Waals surface area contributed by atoms with Crippen LogP contribution < -0.4 is 16.8 Å². The Hall–Kier alpha value is -3.27. The van der Waals surface area contributed by atoms with Gasteiger partial charge in [-0.05, 0) is 41.5 Å². The fourth-order valence-electron chi connectivity index (χ4n) is 2.75. The van der Waals surface area contributed by atoms with E-state index in [1.807, 2.05) is 42.5 Å². The molecule has 0 aliphatic rings. The number of primary amides is 1. The Morgan fingerprint density at radius 2 is 1.56 bits per heavy atom. The fourth-order valence-corrected chi connectivity index (χ4v) is 2.75. The Morgan fingerprint density at radius 3 is 2.00 bits per heavy atom. The number of nitrogens with one attached hydrogen (secondary N) is 1. The first kappa shape index (κ1) is 18.1. The third kappa shape index (κ3) is 5.70. The number of rotatable bonds is 7. The lowest BCUT2D eigenvalue weighted by molar-refractivity contribution is 0.251. The maximum absolute atomic E-state index is 11.0. The van der Waals surface area contributed by atoms with Crippen molar-refractivity contribution in [2.75, 3.05) is 0 Å². The van der Waals surface area contributed by atoms with E-state index in [1.165, 1.54) is 17.3 Å². The van der Waals surface area contributed by atoms with Crippen LogP contribution in [-0.2, 0) is 0 Å². The molecule has 0 radical (unpaired) electrons. The Kier molecular flexibility index (Phi) is 6.60. The van der Waals surface area contributed by atoms with Gasteiger partial charge >= 0.3 is 6.03 Å². The van der Waals surface area contributed by atoms with Gasteiger partial charge in [0.25, 0.3) is 0 Å². The molecule has 4 nitrogen and oxygen atoms in total. The number of hydrogen-bond acceptors (Lipinski definition) is 2. The van der Waals surface area contributed by atoms with Crippen LogP contribution >= 0.6 is 0 Å². The van der Waals surface area contributed by atoms with E-state index >= 15 is 0 Å². The molecule has 0 atom stereocenters. The average molecular weight is 333 g/mol. The van der Waals surface area contributed by atoms with Crippen LogP contribution in [0, 0.1) is 0 Å². The molecule has 5 N–H and O–H groups in total. The van der Waals surface area contributed by atoms with Crippen molar-refractivity contribution in [2.45, 2.75) is 12.3 Å². The normalized spacial score (nSPS) is 11.6. The lowest BCUT2D eigenvalue weighted by atomic mass is 9.85. The first-order valence-corrected chi connectivity index (χ1v) is 8.04. The van der Waals surface area contributed by atoms with Crippen molar-refractivity contribution in [3.05, 3.63) is 108 Å². The van der Waals surface area contributed by atoms with Gasteiger partial charge in [-0.15, -0.1) is 0 Å². The zero-order valence-electron chi connectivity index (χ0n) is 14.1. The second-order valence-electron chi connectivity index (χ2n) is 5.67. The molecule has 128 valence electrons. The molecule has 0 aliphatic carbocycles. The second kappa shape index (κ2) is 9.13. The van der Waals surface area contributed by atoms with Gasteiger partial charge in [-0.1, -0.05) is 67.2 Å². The standard InChI is InChI=1S/C21H23N3O/c1-16(24-21(23)25)14-17(12-13-22)15-20(18-8-4-2-5-9-18)19-10-6-3-7-11-19/h2-14,20H,1,15,22H2,(H3,23,24,25)/b13-12-,17-14+. The van der Waals surface area contributed by atoms with E-state index in [0.717, 1.165) is 5.57 Å². The van der Waals surface area contributed by atoms with E-state index in [4.69, 9.17) is 11.5 Å². The zero-order valence-corrected chi connectivity index (χ0v) is 14.1. The van der Waals surface area contributed by atoms with E-state index in [2.05, 4.69) is 36.2 Å². The quantitative estimate of drug-likeness (QED) is 0.674. The Morgan fingerprint density at radius 1 is 1.04 bits per heavy atom. The molecule has 0 spiro atoms. The number of carbonyl (C=O) groups excluding carboxylic acids is 1. The Balaban J connectivity index is 2.35. The van der Waals surface area contributed by atoms with Gasteiger partial charge in [0, 0.05) is 11.6 Å². The largest absolute Gasteiger partial charge is 0.405 e. The summed E-state index contributed by atoms with van der Waals surface area (Å²) in [6, 6.07) is 19.9. The fraction of sp³-hybridized carbons (Fsp3) is 0.0952. The van der Waals surface area contributed by atoms with Crippen molar-refractivity contribution >= 4 is 6.03 Å². The molecule has 2 aromatic carbocycles. The van der Waals surface area contributed by atoms with Crippen LogP contribution in [-0.4, -0.2) is 6.03 Å². The van der Waals surface area contributed by atoms with Crippen LogP contribution in [0.15, 0.2) is 96.9 Å². The molecule has 0 saturated carbocycles. The maximum atomic E-state index is 11.0. The Labute approximate surface area is 148 Å². The number of nitrogens with two attached hydrogens (primary N) is 2. The van der Waals surface area contributed by atoms with Crippen LogP contribution in [0.25, 0.3) is 0 Å². The van der Waals surface area contributed by atoms with Gasteiger partial charge in [0.15, 0.2) is 0 Å². The van der Waals surface area contributed by atoms with Gasteiger partial charge in [-0.25, -0.2) is 4.79 Å². The summed E-state index contributed by atoms with van der Waals surface area (Å²) in [5.74, 6) is 0.159. The van der Waals surface area contributed by atoms with Gasteiger partial charge < -0.3 is 16.8 Å². The summed E-state index contributed by atoms with van der Waals surface area (Å²) in [6.07, 6.45) is 5.79. The van der Waals surface area contributed by atoms with Crippen molar-refractivity contribution in [1.82, 2.24) is 5.32 Å². The monoisotopic (exact) mass is 333 g/mol. The zero-order chi connectivity index (χ0) is 18.1. The molecule has 0 bridgehead atoms. The van der Waals surface area contributed by atoms with Crippen molar-refractivity contribution in [1.29, 1.82) is 0 Å². The molecule has 0 heterocycles. The molecule has 4 heteroatoms. The van der Waals surface area contributed by atoms with Gasteiger partial charge in [0.05, 0.1) is 0 Å². The van der Waals surface area contributed by atoms with Crippen LogP contribution in [0.1, 0.15) is 23.5 Å². The third-order valence-corrected chi connectivity index (χ3v) is 3.80. The van der Waals surface area contributed by atoms with Gasteiger partial charge in [0.2, 0.25) is 0 Å². The minimum atomic E-state index is -0.639. The minimum absolute atomic E-state index is 0.159.